The smallest absolute Gasteiger partial charge is 0.270 e. The zero-order chi connectivity index (χ0) is 26.5. The zero-order valence-corrected chi connectivity index (χ0v) is 20.6. The van der Waals surface area contributed by atoms with Gasteiger partial charge in [-0.25, -0.2) is 4.39 Å². The van der Waals surface area contributed by atoms with Crippen molar-refractivity contribution >= 4 is 22.5 Å². The lowest BCUT2D eigenvalue weighted by Crippen LogP contribution is -2.25. The Bertz CT molecular complexity index is 1570. The van der Waals surface area contributed by atoms with Gasteiger partial charge in [0.25, 0.3) is 5.69 Å². The maximum Gasteiger partial charge on any atom is 0.270 e. The lowest BCUT2D eigenvalue weighted by Gasteiger charge is -2.17. The summed E-state index contributed by atoms with van der Waals surface area (Å²) in [7, 11) is 0. The largest absolute Gasteiger partial charge is 0.352 e. The Morgan fingerprint density at radius 1 is 0.895 bits per heavy atom. The van der Waals surface area contributed by atoms with Crippen molar-refractivity contribution in [3.8, 4) is 0 Å². The molecule has 190 valence electrons. The van der Waals surface area contributed by atoms with E-state index in [1.165, 1.54) is 18.2 Å². The van der Waals surface area contributed by atoms with E-state index < -0.39 is 10.8 Å². The van der Waals surface area contributed by atoms with E-state index in [1.54, 1.807) is 24.3 Å². The summed E-state index contributed by atoms with van der Waals surface area (Å²) in [6, 6.07) is 30.4. The zero-order valence-electron chi connectivity index (χ0n) is 20.6. The molecule has 0 bridgehead atoms. The van der Waals surface area contributed by atoms with Gasteiger partial charge in [-0.05, 0) is 40.5 Å². The molecular formula is C31H26FN3O3. The van der Waals surface area contributed by atoms with Crippen LogP contribution in [0.1, 0.15) is 34.6 Å². The second-order valence-corrected chi connectivity index (χ2v) is 9.23. The molecule has 0 unspecified atom stereocenters. The third kappa shape index (κ3) is 5.62. The van der Waals surface area contributed by atoms with Crippen molar-refractivity contribution < 1.29 is 14.1 Å². The first-order chi connectivity index (χ1) is 18.5. The fourth-order valence-corrected chi connectivity index (χ4v) is 4.77. The van der Waals surface area contributed by atoms with Crippen LogP contribution in [0.4, 0.5) is 10.1 Å². The van der Waals surface area contributed by atoms with Gasteiger partial charge in [-0.1, -0.05) is 72.8 Å². The van der Waals surface area contributed by atoms with E-state index in [1.807, 2.05) is 71.4 Å². The molecular weight excluding hydrogens is 481 g/mol. The number of non-ortho nitro benzene ring substituents is 1. The number of fused-ring (bicyclic) bond motifs is 1. The van der Waals surface area contributed by atoms with Crippen LogP contribution in [0.5, 0.6) is 0 Å². The van der Waals surface area contributed by atoms with Crippen molar-refractivity contribution in [2.45, 2.75) is 25.4 Å². The molecule has 1 N–H and O–H groups in total. The van der Waals surface area contributed by atoms with Crippen LogP contribution in [0.25, 0.3) is 10.9 Å². The lowest BCUT2D eigenvalue weighted by molar-refractivity contribution is -0.384. The van der Waals surface area contributed by atoms with Crippen molar-refractivity contribution in [3.05, 3.63) is 148 Å². The molecule has 0 radical (unpaired) electrons. The normalized spacial score (nSPS) is 11.8. The first-order valence-electron chi connectivity index (χ1n) is 12.3. The van der Waals surface area contributed by atoms with E-state index in [-0.39, 0.29) is 23.8 Å². The maximum atomic E-state index is 13.8. The highest BCUT2D eigenvalue weighted by Gasteiger charge is 2.24. The molecule has 1 amide bonds. The summed E-state index contributed by atoms with van der Waals surface area (Å²) in [5, 5.41) is 15.3. The molecule has 0 aliphatic carbocycles. The Balaban J connectivity index is 1.56. The number of hydrogen-bond acceptors (Lipinski definition) is 3. The fraction of sp³-hybridized carbons (Fsp3) is 0.129. The van der Waals surface area contributed by atoms with E-state index >= 15 is 0 Å². The minimum Gasteiger partial charge on any atom is -0.352 e. The summed E-state index contributed by atoms with van der Waals surface area (Å²) in [5.41, 5.74) is 4.39. The second-order valence-electron chi connectivity index (χ2n) is 9.23. The first-order valence-corrected chi connectivity index (χ1v) is 12.3. The van der Waals surface area contributed by atoms with Crippen LogP contribution in [0.15, 0.2) is 109 Å². The number of rotatable bonds is 9. The number of amides is 1. The van der Waals surface area contributed by atoms with Gasteiger partial charge in [-0.3, -0.25) is 14.9 Å². The van der Waals surface area contributed by atoms with Gasteiger partial charge in [0.05, 0.1) is 4.92 Å². The SMILES string of the molecule is O=C(C[C@@H](c1ccc(F)cc1)c1cn(Cc2ccccc2)c2ccc([N+](=O)[O-])cc12)NCc1ccccc1. The number of aromatic nitrogens is 1. The molecule has 0 spiro atoms. The number of nitrogens with zero attached hydrogens (tertiary/aromatic N) is 2. The summed E-state index contributed by atoms with van der Waals surface area (Å²) in [6.07, 6.45) is 2.06. The Hall–Kier alpha value is -4.78. The molecule has 6 nitrogen and oxygen atoms in total. The quantitative estimate of drug-likeness (QED) is 0.181. The summed E-state index contributed by atoms with van der Waals surface area (Å²) in [6.45, 7) is 0.947. The molecule has 0 aliphatic rings. The highest BCUT2D eigenvalue weighted by atomic mass is 19.1. The first kappa shape index (κ1) is 24.9. The van der Waals surface area contributed by atoms with E-state index in [2.05, 4.69) is 5.32 Å². The van der Waals surface area contributed by atoms with E-state index in [0.717, 1.165) is 27.8 Å². The number of benzene rings is 4. The minimum atomic E-state index is -0.437. The van der Waals surface area contributed by atoms with Crippen LogP contribution < -0.4 is 5.32 Å². The monoisotopic (exact) mass is 507 g/mol. The summed E-state index contributed by atoms with van der Waals surface area (Å²) < 4.78 is 15.9. The van der Waals surface area contributed by atoms with Gasteiger partial charge in [0.15, 0.2) is 0 Å². The molecule has 0 saturated heterocycles. The van der Waals surface area contributed by atoms with Gasteiger partial charge in [-0.15, -0.1) is 0 Å². The van der Waals surface area contributed by atoms with Crippen molar-refractivity contribution in [2.75, 3.05) is 0 Å². The Kier molecular flexibility index (Phi) is 7.26. The maximum absolute atomic E-state index is 13.8. The number of nitro groups is 1. The van der Waals surface area contributed by atoms with Crippen molar-refractivity contribution in [1.29, 1.82) is 0 Å². The minimum absolute atomic E-state index is 0.0254. The average Bonchev–Trinajstić information content (AvgIpc) is 3.29. The second kappa shape index (κ2) is 11.1. The molecule has 7 heteroatoms. The molecule has 0 aliphatic heterocycles. The van der Waals surface area contributed by atoms with E-state index in [0.29, 0.717) is 18.5 Å². The molecule has 5 aromatic rings. The highest BCUT2D eigenvalue weighted by Crippen LogP contribution is 2.37. The number of carbonyl (C=O) groups is 1. The predicted octanol–water partition coefficient (Wildman–Crippen LogP) is 6.58. The Morgan fingerprint density at radius 3 is 2.21 bits per heavy atom. The van der Waals surface area contributed by atoms with Crippen molar-refractivity contribution in [3.63, 3.8) is 0 Å². The molecule has 38 heavy (non-hydrogen) atoms. The number of nitrogens with one attached hydrogen (secondary N) is 1. The van der Waals surface area contributed by atoms with Crippen molar-refractivity contribution in [2.24, 2.45) is 0 Å². The lowest BCUT2D eigenvalue weighted by atomic mass is 9.88. The third-order valence-electron chi connectivity index (χ3n) is 6.67. The van der Waals surface area contributed by atoms with Gasteiger partial charge in [0.1, 0.15) is 5.82 Å². The Labute approximate surface area is 219 Å². The number of carbonyl (C=O) groups excluding carboxylic acids is 1. The van der Waals surface area contributed by atoms with Gasteiger partial charge >= 0.3 is 0 Å². The van der Waals surface area contributed by atoms with Crippen LogP contribution in [0.3, 0.4) is 0 Å². The van der Waals surface area contributed by atoms with Crippen LogP contribution in [-0.2, 0) is 17.9 Å². The van der Waals surface area contributed by atoms with Gasteiger partial charge in [-0.2, -0.15) is 0 Å². The molecule has 0 fully saturated rings. The molecule has 4 aromatic carbocycles. The van der Waals surface area contributed by atoms with Gasteiger partial charge in [0.2, 0.25) is 5.91 Å². The van der Waals surface area contributed by atoms with Gasteiger partial charge < -0.3 is 9.88 Å². The summed E-state index contributed by atoms with van der Waals surface area (Å²) in [5.74, 6) is -0.978. The topological polar surface area (TPSA) is 77.2 Å². The number of nitro benzene ring substituents is 1. The molecule has 1 heterocycles. The Morgan fingerprint density at radius 2 is 1.55 bits per heavy atom. The summed E-state index contributed by atoms with van der Waals surface area (Å²) >= 11 is 0. The van der Waals surface area contributed by atoms with Crippen LogP contribution in [0.2, 0.25) is 0 Å². The third-order valence-corrected chi connectivity index (χ3v) is 6.67. The van der Waals surface area contributed by atoms with Crippen LogP contribution in [-0.4, -0.2) is 15.4 Å². The highest BCUT2D eigenvalue weighted by molar-refractivity contribution is 5.88. The molecule has 1 aromatic heterocycles. The van der Waals surface area contributed by atoms with Crippen LogP contribution >= 0.6 is 0 Å². The number of halogens is 1. The standard InChI is InChI=1S/C31H26FN3O3/c32-25-13-11-24(12-14-25)27(18-31(36)33-19-22-7-3-1-4-8-22)29-21-34(20-23-9-5-2-6-10-23)30-16-15-26(35(37)38)17-28(29)30/h1-17,21,27H,18-20H2,(H,33,36)/t27-/m0/s1. The average molecular weight is 508 g/mol. The number of hydrogen-bond donors (Lipinski definition) is 1. The molecule has 5 rings (SSSR count). The molecule has 1 atom stereocenters. The predicted molar refractivity (Wildman–Crippen MR) is 145 cm³/mol. The summed E-state index contributed by atoms with van der Waals surface area (Å²) in [4.78, 5) is 24.4. The van der Waals surface area contributed by atoms with Gasteiger partial charge in [0, 0.05) is 54.7 Å². The fourth-order valence-electron chi connectivity index (χ4n) is 4.77. The van der Waals surface area contributed by atoms with E-state index in [9.17, 15) is 19.3 Å². The van der Waals surface area contributed by atoms with Crippen molar-refractivity contribution in [1.82, 2.24) is 9.88 Å². The molecule has 0 saturated carbocycles. The van der Waals surface area contributed by atoms with Crippen LogP contribution in [0, 0.1) is 15.9 Å². The van der Waals surface area contributed by atoms with E-state index in [4.69, 9.17) is 0 Å².